The molecule has 0 unspecified atom stereocenters. The quantitative estimate of drug-likeness (QED) is 0.932. The number of para-hydroxylation sites is 2. The Morgan fingerprint density at radius 1 is 1.13 bits per heavy atom. The minimum atomic E-state index is 0.787. The maximum atomic E-state index is 4.68. The van der Waals surface area contributed by atoms with E-state index in [2.05, 4.69) is 46.1 Å². The van der Waals surface area contributed by atoms with Gasteiger partial charge in [0, 0.05) is 19.1 Å². The Morgan fingerprint density at radius 3 is 2.96 bits per heavy atom. The first-order chi connectivity index (χ1) is 11.3. The highest BCUT2D eigenvalue weighted by atomic mass is 15.1. The van der Waals surface area contributed by atoms with Crippen LogP contribution in [0.15, 0.2) is 24.3 Å². The van der Waals surface area contributed by atoms with E-state index in [1.165, 1.54) is 37.6 Å². The van der Waals surface area contributed by atoms with Gasteiger partial charge in [0.2, 0.25) is 0 Å². The molecule has 3 nitrogen and oxygen atoms in total. The lowest BCUT2D eigenvalue weighted by Crippen LogP contribution is -2.40. The highest BCUT2D eigenvalue weighted by Gasteiger charge is 2.53. The second-order valence-corrected chi connectivity index (χ2v) is 8.01. The van der Waals surface area contributed by atoms with Gasteiger partial charge < -0.3 is 9.88 Å². The van der Waals surface area contributed by atoms with Gasteiger partial charge >= 0.3 is 0 Å². The summed E-state index contributed by atoms with van der Waals surface area (Å²) in [4.78, 5) is 4.68. The second-order valence-electron chi connectivity index (χ2n) is 8.01. The van der Waals surface area contributed by atoms with Gasteiger partial charge in [-0.25, -0.2) is 4.98 Å². The number of nitrogens with one attached hydrogen (secondary N) is 1. The molecule has 2 bridgehead atoms. The van der Waals surface area contributed by atoms with Gasteiger partial charge in [-0.05, 0) is 68.4 Å². The number of nitrogens with zero attached hydrogens (tertiary/aromatic N) is 2. The van der Waals surface area contributed by atoms with Gasteiger partial charge in [0.1, 0.15) is 5.82 Å². The normalized spacial score (nSPS) is 35.3. The molecule has 23 heavy (non-hydrogen) atoms. The Bertz CT molecular complexity index is 719. The first-order valence-electron chi connectivity index (χ1n) is 9.46. The van der Waals surface area contributed by atoms with E-state index in [0.29, 0.717) is 0 Å². The minimum Gasteiger partial charge on any atom is -0.327 e. The Morgan fingerprint density at radius 2 is 2.00 bits per heavy atom. The summed E-state index contributed by atoms with van der Waals surface area (Å²) in [6.45, 7) is 4.24. The number of benzene rings is 1. The van der Waals surface area contributed by atoms with Crippen molar-refractivity contribution in [2.24, 2.45) is 23.7 Å². The molecule has 0 saturated heterocycles. The van der Waals surface area contributed by atoms with Gasteiger partial charge in [0.05, 0.1) is 11.0 Å². The van der Waals surface area contributed by atoms with Crippen LogP contribution < -0.4 is 5.32 Å². The van der Waals surface area contributed by atoms with E-state index in [-0.39, 0.29) is 0 Å². The van der Waals surface area contributed by atoms with Crippen molar-refractivity contribution in [2.45, 2.75) is 51.6 Å². The third-order valence-corrected chi connectivity index (χ3v) is 7.02. The van der Waals surface area contributed by atoms with Crippen molar-refractivity contribution < 1.29 is 0 Å². The number of imidazole rings is 1. The summed E-state index contributed by atoms with van der Waals surface area (Å²) in [5.74, 6) is 5.31. The summed E-state index contributed by atoms with van der Waals surface area (Å²) in [7, 11) is 0. The largest absolute Gasteiger partial charge is 0.327 e. The molecule has 0 aliphatic heterocycles. The zero-order chi connectivity index (χ0) is 15.4. The monoisotopic (exact) mass is 309 g/mol. The molecule has 3 heteroatoms. The van der Waals surface area contributed by atoms with Crippen LogP contribution in [0.5, 0.6) is 0 Å². The average molecular weight is 309 g/mol. The zero-order valence-electron chi connectivity index (χ0n) is 14.0. The third kappa shape index (κ3) is 2.16. The van der Waals surface area contributed by atoms with Gasteiger partial charge in [0.25, 0.3) is 0 Å². The molecule has 5 rings (SSSR count). The lowest BCUT2D eigenvalue weighted by Gasteiger charge is -2.32. The SMILES string of the molecule is Cc1nc2ccccc2n1CCN[C@@H]1C[C@H]2C[C@H]1[C@@H]1CCC[C@H]21. The van der Waals surface area contributed by atoms with Crippen molar-refractivity contribution in [3.63, 3.8) is 0 Å². The van der Waals surface area contributed by atoms with Crippen LogP contribution >= 0.6 is 0 Å². The molecular weight excluding hydrogens is 282 g/mol. The van der Waals surface area contributed by atoms with Crippen LogP contribution in [0.25, 0.3) is 11.0 Å². The van der Waals surface area contributed by atoms with Gasteiger partial charge in [-0.3, -0.25) is 0 Å². The standard InChI is InChI=1S/C20H27N3/c1-13-22-18-7-2-3-8-20(18)23(13)10-9-21-19-12-14-11-17(19)16-6-4-5-15(14)16/h2-3,7-8,14-17,19,21H,4-6,9-12H2,1H3/t14-,15-,16-,17+,19-/m1/s1. The topological polar surface area (TPSA) is 29.9 Å². The third-order valence-electron chi connectivity index (χ3n) is 7.02. The molecule has 1 aromatic carbocycles. The van der Waals surface area contributed by atoms with E-state index in [0.717, 1.165) is 54.1 Å². The first kappa shape index (κ1) is 14.0. The van der Waals surface area contributed by atoms with Crippen molar-refractivity contribution in [3.8, 4) is 0 Å². The molecule has 0 amide bonds. The summed E-state index contributed by atoms with van der Waals surface area (Å²) in [6.07, 6.45) is 7.48. The molecule has 3 saturated carbocycles. The Balaban J connectivity index is 1.25. The fourth-order valence-electron chi connectivity index (χ4n) is 6.14. The van der Waals surface area contributed by atoms with Crippen LogP contribution in [0, 0.1) is 30.6 Å². The summed E-state index contributed by atoms with van der Waals surface area (Å²) in [5.41, 5.74) is 2.40. The molecule has 3 aliphatic rings. The zero-order valence-corrected chi connectivity index (χ0v) is 14.0. The summed E-state index contributed by atoms with van der Waals surface area (Å²) < 4.78 is 2.37. The van der Waals surface area contributed by atoms with Crippen LogP contribution in [-0.2, 0) is 6.54 Å². The smallest absolute Gasteiger partial charge is 0.106 e. The molecule has 1 heterocycles. The first-order valence-corrected chi connectivity index (χ1v) is 9.46. The molecule has 1 N–H and O–H groups in total. The van der Waals surface area contributed by atoms with Gasteiger partial charge in [-0.15, -0.1) is 0 Å². The van der Waals surface area contributed by atoms with Crippen molar-refractivity contribution in [3.05, 3.63) is 30.1 Å². The number of rotatable bonds is 4. The van der Waals surface area contributed by atoms with Crippen LogP contribution in [0.1, 0.15) is 37.9 Å². The predicted octanol–water partition coefficient (Wildman–Crippen LogP) is 3.76. The second kappa shape index (κ2) is 5.34. The number of hydrogen-bond acceptors (Lipinski definition) is 2. The summed E-state index contributed by atoms with van der Waals surface area (Å²) in [5, 5.41) is 3.91. The lowest BCUT2D eigenvalue weighted by molar-refractivity contribution is 0.208. The molecule has 1 aromatic heterocycles. The van der Waals surface area contributed by atoms with E-state index in [1.54, 1.807) is 0 Å². The van der Waals surface area contributed by atoms with Crippen molar-refractivity contribution in [2.75, 3.05) is 6.54 Å². The van der Waals surface area contributed by atoms with Gasteiger partial charge in [0.15, 0.2) is 0 Å². The number of hydrogen-bond donors (Lipinski definition) is 1. The molecule has 3 aliphatic carbocycles. The average Bonchev–Trinajstić information content (AvgIpc) is 3.28. The fourth-order valence-corrected chi connectivity index (χ4v) is 6.14. The van der Waals surface area contributed by atoms with Gasteiger partial charge in [-0.1, -0.05) is 18.6 Å². The molecule has 2 aromatic rings. The molecule has 5 atom stereocenters. The predicted molar refractivity (Wildman–Crippen MR) is 93.3 cm³/mol. The van der Waals surface area contributed by atoms with Crippen LogP contribution in [-0.4, -0.2) is 22.1 Å². The number of aromatic nitrogens is 2. The molecule has 122 valence electrons. The number of aryl methyl sites for hydroxylation is 1. The van der Waals surface area contributed by atoms with Crippen LogP contribution in [0.2, 0.25) is 0 Å². The highest BCUT2D eigenvalue weighted by Crippen LogP contribution is 2.58. The maximum Gasteiger partial charge on any atom is 0.106 e. The maximum absolute atomic E-state index is 4.68. The van der Waals surface area contributed by atoms with Gasteiger partial charge in [-0.2, -0.15) is 0 Å². The van der Waals surface area contributed by atoms with Crippen molar-refractivity contribution >= 4 is 11.0 Å². The fraction of sp³-hybridized carbons (Fsp3) is 0.650. The van der Waals surface area contributed by atoms with E-state index >= 15 is 0 Å². The Hall–Kier alpha value is -1.35. The van der Waals surface area contributed by atoms with E-state index in [1.807, 2.05) is 0 Å². The molecule has 0 spiro atoms. The Kier molecular flexibility index (Phi) is 3.26. The summed E-state index contributed by atoms with van der Waals surface area (Å²) >= 11 is 0. The minimum absolute atomic E-state index is 0.787. The van der Waals surface area contributed by atoms with Crippen LogP contribution in [0.4, 0.5) is 0 Å². The molecular formula is C20H27N3. The van der Waals surface area contributed by atoms with E-state index in [4.69, 9.17) is 0 Å². The van der Waals surface area contributed by atoms with Crippen molar-refractivity contribution in [1.29, 1.82) is 0 Å². The highest BCUT2D eigenvalue weighted by molar-refractivity contribution is 5.75. The number of fused-ring (bicyclic) bond motifs is 6. The van der Waals surface area contributed by atoms with Crippen LogP contribution in [0.3, 0.4) is 0 Å². The molecule has 0 radical (unpaired) electrons. The Labute approximate surface area is 138 Å². The molecule has 3 fully saturated rings. The summed E-state index contributed by atoms with van der Waals surface area (Å²) in [6, 6.07) is 9.28. The van der Waals surface area contributed by atoms with Crippen molar-refractivity contribution in [1.82, 2.24) is 14.9 Å². The van der Waals surface area contributed by atoms with E-state index in [9.17, 15) is 0 Å². The van der Waals surface area contributed by atoms with E-state index < -0.39 is 0 Å². The lowest BCUT2D eigenvalue weighted by atomic mass is 9.79.